The highest BCUT2D eigenvalue weighted by molar-refractivity contribution is 6.04. The molecule has 2 N–H and O–H groups in total. The number of nitrogens with zero attached hydrogens (tertiary/aromatic N) is 5. The highest BCUT2D eigenvalue weighted by atomic mass is 16.2. The third-order valence-corrected chi connectivity index (χ3v) is 5.99. The molecular weight excluding hydrogens is 442 g/mol. The number of amides is 1. The molecule has 0 saturated heterocycles. The second-order valence-corrected chi connectivity index (χ2v) is 8.82. The van der Waals surface area contributed by atoms with E-state index in [0.29, 0.717) is 28.1 Å². The second-order valence-electron chi connectivity index (χ2n) is 8.82. The van der Waals surface area contributed by atoms with Crippen LogP contribution in [-0.2, 0) is 0 Å². The van der Waals surface area contributed by atoms with E-state index < -0.39 is 0 Å². The van der Waals surface area contributed by atoms with Crippen LogP contribution in [0.3, 0.4) is 0 Å². The maximum Gasteiger partial charge on any atom is 0.263 e. The van der Waals surface area contributed by atoms with Gasteiger partial charge in [-0.2, -0.15) is 19.9 Å². The number of nitrogens with one attached hydrogen (secondary N) is 2. The fourth-order valence-electron chi connectivity index (χ4n) is 4.19. The number of aromatic amines is 1. The third kappa shape index (κ3) is 4.01. The van der Waals surface area contributed by atoms with Gasteiger partial charge in [0, 0.05) is 11.6 Å². The van der Waals surface area contributed by atoms with Crippen molar-refractivity contribution in [2.24, 2.45) is 0 Å². The number of H-pyrrole nitrogens is 1. The number of benzene rings is 2. The molecule has 0 atom stereocenters. The van der Waals surface area contributed by atoms with Crippen molar-refractivity contribution in [3.8, 4) is 11.6 Å². The minimum absolute atomic E-state index is 0.179. The molecule has 0 bridgehead atoms. The molecule has 3 aromatic heterocycles. The minimum Gasteiger partial charge on any atom is -0.306 e. The Labute approximate surface area is 201 Å². The predicted molar refractivity (Wildman–Crippen MR) is 135 cm³/mol. The number of fused-ring (bicyclic) bond motifs is 1. The summed E-state index contributed by atoms with van der Waals surface area (Å²) in [6.07, 6.45) is 1.50. The van der Waals surface area contributed by atoms with Crippen LogP contribution in [0.1, 0.15) is 38.3 Å². The molecule has 5 aromatic rings. The summed E-state index contributed by atoms with van der Waals surface area (Å²) in [7, 11) is 0. The number of hydrogen-bond donors (Lipinski definition) is 2. The van der Waals surface area contributed by atoms with E-state index in [1.54, 1.807) is 17.7 Å². The summed E-state index contributed by atoms with van der Waals surface area (Å²) in [6.45, 7) is 9.72. The van der Waals surface area contributed by atoms with E-state index in [9.17, 15) is 9.59 Å². The van der Waals surface area contributed by atoms with Crippen LogP contribution in [0.4, 0.5) is 5.82 Å². The molecule has 0 aliphatic rings. The lowest BCUT2D eigenvalue weighted by Crippen LogP contribution is -2.19. The van der Waals surface area contributed by atoms with Crippen LogP contribution < -0.4 is 10.9 Å². The quantitative estimate of drug-likeness (QED) is 0.414. The summed E-state index contributed by atoms with van der Waals surface area (Å²) in [6, 6.07) is 13.3. The molecule has 0 radical (unpaired) electrons. The Kier molecular flexibility index (Phi) is 5.32. The van der Waals surface area contributed by atoms with Crippen LogP contribution in [0.2, 0.25) is 0 Å². The van der Waals surface area contributed by atoms with Crippen molar-refractivity contribution >= 4 is 22.8 Å². The van der Waals surface area contributed by atoms with Gasteiger partial charge in [0.1, 0.15) is 11.2 Å². The Morgan fingerprint density at radius 2 is 1.71 bits per heavy atom. The second kappa shape index (κ2) is 8.35. The van der Waals surface area contributed by atoms with Gasteiger partial charge >= 0.3 is 0 Å². The lowest BCUT2D eigenvalue weighted by atomic mass is 10.1. The van der Waals surface area contributed by atoms with Crippen LogP contribution >= 0.6 is 0 Å². The first kappa shape index (κ1) is 22.3. The maximum absolute atomic E-state index is 13.0. The van der Waals surface area contributed by atoms with Gasteiger partial charge in [-0.15, -0.1) is 0 Å². The van der Waals surface area contributed by atoms with Gasteiger partial charge in [-0.3, -0.25) is 14.6 Å². The Hall–Kier alpha value is -4.53. The van der Waals surface area contributed by atoms with Crippen LogP contribution in [0.15, 0.2) is 53.5 Å². The van der Waals surface area contributed by atoms with Gasteiger partial charge in [0.2, 0.25) is 5.95 Å². The van der Waals surface area contributed by atoms with Crippen LogP contribution in [-0.4, -0.2) is 35.4 Å². The summed E-state index contributed by atoms with van der Waals surface area (Å²) in [5.41, 5.74) is 6.23. The SMILES string of the molecule is Cc1cc(C)cc(C(=O)Nc2cc(C)nn2-c2nc3c(cnn3-c3cccc(C)c3C)c(=O)[nH]2)c1. The Morgan fingerprint density at radius 1 is 0.971 bits per heavy atom. The smallest absolute Gasteiger partial charge is 0.263 e. The third-order valence-electron chi connectivity index (χ3n) is 5.99. The first-order valence-electron chi connectivity index (χ1n) is 11.2. The van der Waals surface area contributed by atoms with Gasteiger partial charge in [0.25, 0.3) is 11.5 Å². The van der Waals surface area contributed by atoms with E-state index in [2.05, 4.69) is 25.5 Å². The summed E-state index contributed by atoms with van der Waals surface area (Å²) >= 11 is 0. The monoisotopic (exact) mass is 467 g/mol. The van der Waals surface area contributed by atoms with Gasteiger partial charge in [0.05, 0.1) is 17.6 Å². The highest BCUT2D eigenvalue weighted by Gasteiger charge is 2.18. The van der Waals surface area contributed by atoms with Crippen molar-refractivity contribution in [1.82, 2.24) is 29.5 Å². The number of anilines is 1. The topological polar surface area (TPSA) is 110 Å². The summed E-state index contributed by atoms with van der Waals surface area (Å²) in [4.78, 5) is 33.4. The van der Waals surface area contributed by atoms with Gasteiger partial charge < -0.3 is 5.32 Å². The molecule has 0 aliphatic heterocycles. The van der Waals surface area contributed by atoms with Crippen LogP contribution in [0.25, 0.3) is 22.7 Å². The van der Waals surface area contributed by atoms with Crippen molar-refractivity contribution in [2.75, 3.05) is 5.32 Å². The number of aromatic nitrogens is 6. The fraction of sp³-hybridized carbons (Fsp3) is 0.192. The number of hydrogen-bond acceptors (Lipinski definition) is 5. The summed E-state index contributed by atoms with van der Waals surface area (Å²) in [5, 5.41) is 12.2. The zero-order chi connectivity index (χ0) is 24.9. The van der Waals surface area contributed by atoms with E-state index in [0.717, 1.165) is 27.9 Å². The predicted octanol–water partition coefficient (Wildman–Crippen LogP) is 4.09. The van der Waals surface area contributed by atoms with E-state index in [-0.39, 0.29) is 17.4 Å². The molecule has 2 aromatic carbocycles. The Bertz CT molecular complexity index is 1650. The molecule has 5 rings (SSSR count). The number of aryl methyl sites for hydroxylation is 4. The molecule has 1 amide bonds. The van der Waals surface area contributed by atoms with Gasteiger partial charge in [-0.25, -0.2) is 4.68 Å². The molecule has 0 saturated carbocycles. The van der Waals surface area contributed by atoms with Crippen molar-refractivity contribution in [1.29, 1.82) is 0 Å². The molecule has 0 unspecified atom stereocenters. The Morgan fingerprint density at radius 3 is 2.46 bits per heavy atom. The van der Waals surface area contributed by atoms with Gasteiger partial charge in [-0.05, 0) is 63.9 Å². The molecule has 3 heterocycles. The molecule has 35 heavy (non-hydrogen) atoms. The average molecular weight is 468 g/mol. The van der Waals surface area contributed by atoms with Crippen LogP contribution in [0, 0.1) is 34.6 Å². The number of rotatable bonds is 4. The standard InChI is InChI=1S/C26H25N7O2/c1-14-9-15(2)11-19(10-14)24(34)28-22-12-17(4)31-33(22)26-29-23-20(25(35)30-26)13-27-32(23)21-8-6-7-16(3)18(21)5/h6-13H,1-5H3,(H,28,34)(H,29,30,35). The first-order valence-corrected chi connectivity index (χ1v) is 11.2. The first-order chi connectivity index (χ1) is 16.7. The average Bonchev–Trinajstić information content (AvgIpc) is 3.38. The van der Waals surface area contributed by atoms with Gasteiger partial charge in [-0.1, -0.05) is 29.3 Å². The summed E-state index contributed by atoms with van der Waals surface area (Å²) < 4.78 is 3.08. The van der Waals surface area contributed by atoms with E-state index in [1.807, 2.05) is 64.1 Å². The molecule has 9 nitrogen and oxygen atoms in total. The molecule has 0 aliphatic carbocycles. The minimum atomic E-state index is -0.346. The van der Waals surface area contributed by atoms with Crippen LogP contribution in [0.5, 0.6) is 0 Å². The lowest BCUT2D eigenvalue weighted by Gasteiger charge is -2.11. The molecule has 176 valence electrons. The lowest BCUT2D eigenvalue weighted by molar-refractivity contribution is 0.102. The normalized spacial score (nSPS) is 11.2. The fourth-order valence-corrected chi connectivity index (χ4v) is 4.19. The van der Waals surface area contributed by atoms with Gasteiger partial charge in [0.15, 0.2) is 5.65 Å². The highest BCUT2D eigenvalue weighted by Crippen LogP contribution is 2.22. The molecule has 0 fully saturated rings. The molecule has 9 heteroatoms. The Balaban J connectivity index is 1.61. The number of carbonyl (C=O) groups excluding carboxylic acids is 1. The van der Waals surface area contributed by atoms with E-state index >= 15 is 0 Å². The zero-order valence-corrected chi connectivity index (χ0v) is 20.2. The molecule has 0 spiro atoms. The molecular formula is C26H25N7O2. The van der Waals surface area contributed by atoms with Crippen molar-refractivity contribution in [2.45, 2.75) is 34.6 Å². The van der Waals surface area contributed by atoms with E-state index in [1.165, 1.54) is 10.9 Å². The van der Waals surface area contributed by atoms with Crippen molar-refractivity contribution < 1.29 is 4.79 Å². The largest absolute Gasteiger partial charge is 0.306 e. The number of carbonyl (C=O) groups is 1. The maximum atomic E-state index is 13.0. The van der Waals surface area contributed by atoms with Crippen molar-refractivity contribution in [3.05, 3.63) is 92.5 Å². The zero-order valence-electron chi connectivity index (χ0n) is 20.2. The van der Waals surface area contributed by atoms with E-state index in [4.69, 9.17) is 0 Å². The summed E-state index contributed by atoms with van der Waals surface area (Å²) in [5.74, 6) is 0.298. The van der Waals surface area contributed by atoms with Crippen molar-refractivity contribution in [3.63, 3.8) is 0 Å².